The van der Waals surface area contributed by atoms with Gasteiger partial charge in [0.15, 0.2) is 12.4 Å². The van der Waals surface area contributed by atoms with Crippen LogP contribution in [0.4, 0.5) is 0 Å². The third-order valence-electron chi connectivity index (χ3n) is 6.59. The number of Topliss-reactive ketones (excluding diaryl/α,β-unsaturated/α-hetero) is 1. The van der Waals surface area contributed by atoms with Gasteiger partial charge in [-0.05, 0) is 68.4 Å². The van der Waals surface area contributed by atoms with Gasteiger partial charge in [-0.1, -0.05) is 18.2 Å². The normalized spacial score (nSPS) is 32.9. The van der Waals surface area contributed by atoms with Gasteiger partial charge in [0.25, 0.3) is 0 Å². The monoisotopic (exact) mass is 338 g/mol. The van der Waals surface area contributed by atoms with Crippen LogP contribution in [-0.4, -0.2) is 18.4 Å². The number of carbonyl (C=O) groups excluding carboxylic acids is 2. The first kappa shape index (κ1) is 15.2. The highest BCUT2D eigenvalue weighted by Crippen LogP contribution is 2.60. The third-order valence-corrected chi connectivity index (χ3v) is 6.59. The summed E-state index contributed by atoms with van der Waals surface area (Å²) in [4.78, 5) is 25.2. The highest BCUT2D eigenvalue weighted by Gasteiger charge is 2.54. The van der Waals surface area contributed by atoms with Crippen molar-refractivity contribution in [1.29, 1.82) is 0 Å². The Hall–Kier alpha value is -2.10. The molecule has 4 nitrogen and oxygen atoms in total. The van der Waals surface area contributed by atoms with E-state index in [1.54, 1.807) is 6.07 Å². The van der Waals surface area contributed by atoms with Crippen LogP contribution >= 0.6 is 0 Å². The molecule has 25 heavy (non-hydrogen) atoms. The molecule has 4 fully saturated rings. The van der Waals surface area contributed by atoms with Crippen LogP contribution in [0, 0.1) is 23.2 Å². The Kier molecular flexibility index (Phi) is 3.31. The van der Waals surface area contributed by atoms with Crippen LogP contribution in [-0.2, 0) is 9.53 Å². The average Bonchev–Trinajstić information content (AvgIpc) is 3.02. The van der Waals surface area contributed by atoms with Crippen molar-refractivity contribution < 1.29 is 18.7 Å². The molecule has 4 heteroatoms. The Morgan fingerprint density at radius 2 is 1.68 bits per heavy atom. The largest absolute Gasteiger partial charge is 0.452 e. The Morgan fingerprint density at radius 3 is 2.32 bits per heavy atom. The number of rotatable bonds is 4. The van der Waals surface area contributed by atoms with Crippen LogP contribution in [0.15, 0.2) is 34.7 Å². The van der Waals surface area contributed by atoms with Crippen LogP contribution in [0.3, 0.4) is 0 Å². The number of ether oxygens (including phenoxy) is 1. The van der Waals surface area contributed by atoms with Crippen molar-refractivity contribution in [2.24, 2.45) is 23.2 Å². The van der Waals surface area contributed by atoms with Crippen LogP contribution < -0.4 is 0 Å². The molecule has 0 atom stereocenters. The molecular formula is C21H22O4. The van der Waals surface area contributed by atoms with Crippen LogP contribution in [0.1, 0.15) is 49.1 Å². The number of para-hydroxylation sites is 1. The number of fused-ring (bicyclic) bond motifs is 1. The van der Waals surface area contributed by atoms with Crippen LogP contribution in [0.2, 0.25) is 0 Å². The van der Waals surface area contributed by atoms with E-state index in [2.05, 4.69) is 0 Å². The van der Waals surface area contributed by atoms with E-state index in [0.29, 0.717) is 23.3 Å². The smallest absolute Gasteiger partial charge is 0.374 e. The van der Waals surface area contributed by atoms with Gasteiger partial charge in [0.05, 0.1) is 0 Å². The highest BCUT2D eigenvalue weighted by molar-refractivity contribution is 5.94. The molecule has 4 bridgehead atoms. The fraction of sp³-hybridized carbons (Fsp3) is 0.524. The predicted octanol–water partition coefficient (Wildman–Crippen LogP) is 4.38. The fourth-order valence-corrected chi connectivity index (χ4v) is 5.89. The van der Waals surface area contributed by atoms with E-state index in [-0.39, 0.29) is 23.6 Å². The molecule has 2 aromatic rings. The number of hydrogen-bond donors (Lipinski definition) is 0. The summed E-state index contributed by atoms with van der Waals surface area (Å²) in [6.07, 6.45) is 6.89. The van der Waals surface area contributed by atoms with Crippen molar-refractivity contribution in [2.45, 2.75) is 38.5 Å². The molecular weight excluding hydrogens is 316 g/mol. The summed E-state index contributed by atoms with van der Waals surface area (Å²) in [5, 5.41) is 0.863. The van der Waals surface area contributed by atoms with Crippen molar-refractivity contribution in [3.05, 3.63) is 36.1 Å². The topological polar surface area (TPSA) is 56.5 Å². The van der Waals surface area contributed by atoms with Gasteiger partial charge >= 0.3 is 5.97 Å². The average molecular weight is 338 g/mol. The minimum absolute atomic E-state index is 0.121. The summed E-state index contributed by atoms with van der Waals surface area (Å²) in [5.74, 6) is 1.87. The third kappa shape index (κ3) is 2.50. The number of benzene rings is 1. The summed E-state index contributed by atoms with van der Waals surface area (Å²) < 4.78 is 10.9. The van der Waals surface area contributed by atoms with Crippen molar-refractivity contribution in [3.8, 4) is 0 Å². The molecule has 0 spiro atoms. The first-order chi connectivity index (χ1) is 12.1. The molecule has 0 amide bonds. The van der Waals surface area contributed by atoms with Crippen LogP contribution in [0.5, 0.6) is 0 Å². The van der Waals surface area contributed by atoms with E-state index in [1.807, 2.05) is 24.3 Å². The summed E-state index contributed by atoms with van der Waals surface area (Å²) in [6, 6.07) is 9.12. The molecule has 0 N–H and O–H groups in total. The Morgan fingerprint density at radius 1 is 1.04 bits per heavy atom. The van der Waals surface area contributed by atoms with E-state index >= 15 is 0 Å². The molecule has 4 aliphatic carbocycles. The molecule has 4 aliphatic rings. The lowest BCUT2D eigenvalue weighted by atomic mass is 9.48. The predicted molar refractivity (Wildman–Crippen MR) is 92.1 cm³/mol. The summed E-state index contributed by atoms with van der Waals surface area (Å²) in [7, 11) is 0. The molecule has 4 saturated carbocycles. The molecule has 1 aromatic carbocycles. The lowest BCUT2D eigenvalue weighted by Crippen LogP contribution is -2.51. The first-order valence-corrected chi connectivity index (χ1v) is 9.30. The molecule has 6 rings (SSSR count). The molecule has 0 radical (unpaired) electrons. The van der Waals surface area contributed by atoms with Gasteiger partial charge in [-0.3, -0.25) is 4.79 Å². The van der Waals surface area contributed by atoms with Gasteiger partial charge in [-0.15, -0.1) is 0 Å². The quantitative estimate of drug-likeness (QED) is 0.777. The second-order valence-corrected chi connectivity index (χ2v) is 8.35. The Balaban J connectivity index is 1.28. The zero-order valence-electron chi connectivity index (χ0n) is 14.2. The Labute approximate surface area is 146 Å². The second kappa shape index (κ2) is 5.45. The lowest BCUT2D eigenvalue weighted by Gasteiger charge is -2.55. The summed E-state index contributed by atoms with van der Waals surface area (Å²) in [6.45, 7) is -0.123. The first-order valence-electron chi connectivity index (χ1n) is 9.30. The fourth-order valence-electron chi connectivity index (χ4n) is 5.89. The molecule has 1 aromatic heterocycles. The van der Waals surface area contributed by atoms with Gasteiger partial charge in [-0.2, -0.15) is 0 Å². The maximum Gasteiger partial charge on any atom is 0.374 e. The minimum Gasteiger partial charge on any atom is -0.452 e. The van der Waals surface area contributed by atoms with Crippen molar-refractivity contribution in [2.75, 3.05) is 6.61 Å². The standard InChI is InChI=1S/C21H22O4/c22-19(21-9-13-5-14(10-21)7-15(6-13)11-21)12-24-20(23)18-8-16-3-1-2-4-17(16)25-18/h1-4,8,13-15H,5-7,9-12H2. The van der Waals surface area contributed by atoms with Crippen LogP contribution in [0.25, 0.3) is 11.0 Å². The summed E-state index contributed by atoms with van der Waals surface area (Å²) in [5.41, 5.74) is 0.435. The zero-order chi connectivity index (χ0) is 17.0. The number of esters is 1. The SMILES string of the molecule is O=C(OCC(=O)C12CC3CC(CC(C3)C1)C2)c1cc2ccccc2o1. The molecule has 0 saturated heterocycles. The zero-order valence-corrected chi connectivity index (χ0v) is 14.2. The van der Waals surface area contributed by atoms with Gasteiger partial charge in [0.1, 0.15) is 5.58 Å². The van der Waals surface area contributed by atoms with Gasteiger partial charge in [0.2, 0.25) is 5.76 Å². The van der Waals surface area contributed by atoms with E-state index in [0.717, 1.165) is 24.6 Å². The van der Waals surface area contributed by atoms with E-state index in [1.165, 1.54) is 19.3 Å². The van der Waals surface area contributed by atoms with Gasteiger partial charge in [0, 0.05) is 10.8 Å². The highest BCUT2D eigenvalue weighted by atomic mass is 16.5. The molecule has 0 unspecified atom stereocenters. The minimum atomic E-state index is -0.547. The number of furan rings is 1. The maximum atomic E-state index is 12.9. The number of ketones is 1. The molecule has 130 valence electrons. The second-order valence-electron chi connectivity index (χ2n) is 8.35. The number of carbonyl (C=O) groups is 2. The van der Waals surface area contributed by atoms with Gasteiger partial charge in [-0.25, -0.2) is 4.79 Å². The van der Waals surface area contributed by atoms with Crippen molar-refractivity contribution >= 4 is 22.7 Å². The number of hydrogen-bond acceptors (Lipinski definition) is 4. The summed E-state index contributed by atoms with van der Waals surface area (Å²) >= 11 is 0. The molecule has 0 aliphatic heterocycles. The van der Waals surface area contributed by atoms with E-state index < -0.39 is 5.97 Å². The van der Waals surface area contributed by atoms with Crippen molar-refractivity contribution in [1.82, 2.24) is 0 Å². The van der Waals surface area contributed by atoms with E-state index in [4.69, 9.17) is 9.15 Å². The molecule has 1 heterocycles. The Bertz CT molecular complexity index is 778. The van der Waals surface area contributed by atoms with Crippen molar-refractivity contribution in [3.63, 3.8) is 0 Å². The maximum absolute atomic E-state index is 12.9. The lowest BCUT2D eigenvalue weighted by molar-refractivity contribution is -0.147. The van der Waals surface area contributed by atoms with Gasteiger partial charge < -0.3 is 9.15 Å². The van der Waals surface area contributed by atoms with E-state index in [9.17, 15) is 9.59 Å².